The Kier molecular flexibility index (Phi) is 9.61. The average Bonchev–Trinajstić information content (AvgIpc) is 2.89. The highest BCUT2D eigenvalue weighted by atomic mass is 16.5. The summed E-state index contributed by atoms with van der Waals surface area (Å²) in [5.74, 6) is 0.973. The molecule has 190 valence electrons. The minimum absolute atomic E-state index is 0.173. The van der Waals surface area contributed by atoms with E-state index >= 15 is 0 Å². The topological polar surface area (TPSA) is 36.0 Å². The van der Waals surface area contributed by atoms with Crippen molar-refractivity contribution in [3.05, 3.63) is 59.7 Å². The number of hydrogen-bond acceptors (Lipinski definition) is 4. The van der Waals surface area contributed by atoms with Gasteiger partial charge in [0.25, 0.3) is 0 Å². The van der Waals surface area contributed by atoms with Gasteiger partial charge in [0.05, 0.1) is 13.5 Å². The van der Waals surface area contributed by atoms with E-state index in [1.165, 1.54) is 63.6 Å². The van der Waals surface area contributed by atoms with Crippen LogP contribution in [0.4, 0.5) is 5.69 Å². The van der Waals surface area contributed by atoms with Crippen LogP contribution >= 0.6 is 0 Å². The fraction of sp³-hybridized carbons (Fsp3) is 0.567. The zero-order valence-electron chi connectivity index (χ0n) is 21.8. The smallest absolute Gasteiger partial charge is 0.231 e. The molecular formula is C30H43N3O2. The molecule has 0 bridgehead atoms. The molecule has 0 atom stereocenters. The SMILES string of the molecule is COc1cccc(CC(=O)N2CCCCCCCCN(C3CCN(C)CC3)Cc3ccccc32)c1. The van der Waals surface area contributed by atoms with Crippen molar-refractivity contribution in [1.29, 1.82) is 0 Å². The molecule has 0 aromatic heterocycles. The second-order valence-corrected chi connectivity index (χ2v) is 10.3. The summed E-state index contributed by atoms with van der Waals surface area (Å²) in [5.41, 5.74) is 3.38. The summed E-state index contributed by atoms with van der Waals surface area (Å²) in [6, 6.07) is 17.1. The minimum Gasteiger partial charge on any atom is -0.497 e. The molecule has 1 fully saturated rings. The van der Waals surface area contributed by atoms with Gasteiger partial charge in [-0.25, -0.2) is 0 Å². The largest absolute Gasteiger partial charge is 0.497 e. The van der Waals surface area contributed by atoms with Crippen molar-refractivity contribution in [2.45, 2.75) is 70.4 Å². The molecule has 1 saturated heterocycles. The van der Waals surface area contributed by atoms with E-state index in [4.69, 9.17) is 4.74 Å². The van der Waals surface area contributed by atoms with E-state index in [0.717, 1.165) is 43.1 Å². The van der Waals surface area contributed by atoms with Gasteiger partial charge < -0.3 is 14.5 Å². The fourth-order valence-electron chi connectivity index (χ4n) is 5.60. The first kappa shape index (κ1) is 25.7. The molecule has 2 aromatic carbocycles. The Morgan fingerprint density at radius 1 is 0.886 bits per heavy atom. The quantitative estimate of drug-likeness (QED) is 0.581. The predicted octanol–water partition coefficient (Wildman–Crippen LogP) is 5.52. The van der Waals surface area contributed by atoms with Gasteiger partial charge in [-0.15, -0.1) is 0 Å². The number of likely N-dealkylation sites (tertiary alicyclic amines) is 1. The molecule has 0 radical (unpaired) electrons. The maximum Gasteiger partial charge on any atom is 0.231 e. The Labute approximate surface area is 212 Å². The van der Waals surface area contributed by atoms with Gasteiger partial charge >= 0.3 is 0 Å². The van der Waals surface area contributed by atoms with E-state index in [1.54, 1.807) is 7.11 Å². The Morgan fingerprint density at radius 3 is 2.37 bits per heavy atom. The lowest BCUT2D eigenvalue weighted by Gasteiger charge is -2.38. The van der Waals surface area contributed by atoms with E-state index in [9.17, 15) is 4.79 Å². The van der Waals surface area contributed by atoms with Gasteiger partial charge in [-0.05, 0) is 81.7 Å². The van der Waals surface area contributed by atoms with Crippen LogP contribution in [0.1, 0.15) is 62.5 Å². The summed E-state index contributed by atoms with van der Waals surface area (Å²) in [6.07, 6.45) is 10.2. The van der Waals surface area contributed by atoms with Crippen molar-refractivity contribution in [1.82, 2.24) is 9.80 Å². The molecule has 2 aliphatic heterocycles. The van der Waals surface area contributed by atoms with Crippen LogP contribution in [0.25, 0.3) is 0 Å². The number of hydrogen-bond donors (Lipinski definition) is 0. The molecule has 5 nitrogen and oxygen atoms in total. The van der Waals surface area contributed by atoms with E-state index in [0.29, 0.717) is 12.5 Å². The van der Waals surface area contributed by atoms with Gasteiger partial charge in [0, 0.05) is 24.8 Å². The highest BCUT2D eigenvalue weighted by molar-refractivity contribution is 5.95. The summed E-state index contributed by atoms with van der Waals surface area (Å²) in [4.78, 5) is 20.9. The number of para-hydroxylation sites is 1. The average molecular weight is 478 g/mol. The highest BCUT2D eigenvalue weighted by Gasteiger charge is 2.25. The number of anilines is 1. The second-order valence-electron chi connectivity index (χ2n) is 10.3. The van der Waals surface area contributed by atoms with Gasteiger partial charge in [0.2, 0.25) is 5.91 Å². The molecule has 2 aliphatic rings. The Hall–Kier alpha value is -2.37. The van der Waals surface area contributed by atoms with Crippen molar-refractivity contribution < 1.29 is 9.53 Å². The van der Waals surface area contributed by atoms with Gasteiger partial charge in [-0.1, -0.05) is 56.0 Å². The molecule has 2 aromatic rings. The number of benzene rings is 2. The van der Waals surface area contributed by atoms with E-state index in [2.05, 4.69) is 46.0 Å². The van der Waals surface area contributed by atoms with Crippen LogP contribution < -0.4 is 9.64 Å². The third-order valence-corrected chi connectivity index (χ3v) is 7.73. The molecule has 0 N–H and O–H groups in total. The molecular weight excluding hydrogens is 434 g/mol. The first-order valence-electron chi connectivity index (χ1n) is 13.6. The monoisotopic (exact) mass is 477 g/mol. The van der Waals surface area contributed by atoms with Gasteiger partial charge in [0.15, 0.2) is 0 Å². The second kappa shape index (κ2) is 13.1. The normalized spacial score (nSPS) is 19.8. The minimum atomic E-state index is 0.173. The summed E-state index contributed by atoms with van der Waals surface area (Å²) in [5, 5.41) is 0. The number of rotatable bonds is 4. The van der Waals surface area contributed by atoms with Crippen LogP contribution in [-0.4, -0.2) is 62.1 Å². The van der Waals surface area contributed by atoms with Crippen molar-refractivity contribution in [3.63, 3.8) is 0 Å². The Bertz CT molecular complexity index is 939. The summed E-state index contributed by atoms with van der Waals surface area (Å²) < 4.78 is 5.39. The van der Waals surface area contributed by atoms with Gasteiger partial charge in [-0.3, -0.25) is 9.69 Å². The zero-order valence-corrected chi connectivity index (χ0v) is 21.8. The molecule has 5 heteroatoms. The third kappa shape index (κ3) is 7.31. The number of methoxy groups -OCH3 is 1. The van der Waals surface area contributed by atoms with Crippen molar-refractivity contribution in [2.75, 3.05) is 45.2 Å². The van der Waals surface area contributed by atoms with Crippen LogP contribution in [0, 0.1) is 0 Å². The van der Waals surface area contributed by atoms with Crippen LogP contribution in [0.5, 0.6) is 5.75 Å². The molecule has 4 rings (SSSR count). The molecule has 35 heavy (non-hydrogen) atoms. The van der Waals surface area contributed by atoms with E-state index in [-0.39, 0.29) is 5.91 Å². The third-order valence-electron chi connectivity index (χ3n) is 7.73. The molecule has 2 heterocycles. The number of carbonyl (C=O) groups is 1. The molecule has 0 unspecified atom stereocenters. The zero-order chi connectivity index (χ0) is 24.5. The molecule has 1 amide bonds. The number of piperidine rings is 1. The summed E-state index contributed by atoms with van der Waals surface area (Å²) in [7, 11) is 3.91. The standard InChI is InChI=1S/C30H43N3O2/c1-31-20-16-27(17-21-31)32-18-9-5-3-4-6-10-19-33(29-15-8-7-13-26(29)24-32)30(34)23-25-12-11-14-28(22-25)35-2/h7-8,11-15,22,27H,3-6,9-10,16-21,23-24H2,1-2H3. The van der Waals surface area contributed by atoms with Crippen LogP contribution in [0.3, 0.4) is 0 Å². The molecule has 0 aliphatic carbocycles. The lowest BCUT2D eigenvalue weighted by Crippen LogP contribution is -2.44. The number of ether oxygens (including phenoxy) is 1. The Balaban J connectivity index is 1.59. The predicted molar refractivity (Wildman–Crippen MR) is 144 cm³/mol. The number of fused-ring (bicyclic) bond motifs is 1. The summed E-state index contributed by atoms with van der Waals surface area (Å²) in [6.45, 7) is 5.21. The van der Waals surface area contributed by atoms with Crippen LogP contribution in [0.2, 0.25) is 0 Å². The highest BCUT2D eigenvalue weighted by Crippen LogP contribution is 2.28. The van der Waals surface area contributed by atoms with Gasteiger partial charge in [-0.2, -0.15) is 0 Å². The maximum atomic E-state index is 13.7. The van der Waals surface area contributed by atoms with Crippen LogP contribution in [-0.2, 0) is 17.8 Å². The number of carbonyl (C=O) groups excluding carboxylic acids is 1. The first-order valence-corrected chi connectivity index (χ1v) is 13.6. The van der Waals surface area contributed by atoms with E-state index in [1.807, 2.05) is 24.3 Å². The lowest BCUT2D eigenvalue weighted by atomic mass is 10.0. The van der Waals surface area contributed by atoms with E-state index < -0.39 is 0 Å². The fourth-order valence-corrected chi connectivity index (χ4v) is 5.60. The molecule has 0 saturated carbocycles. The molecule has 0 spiro atoms. The Morgan fingerprint density at radius 2 is 1.60 bits per heavy atom. The van der Waals surface area contributed by atoms with Crippen molar-refractivity contribution >= 4 is 11.6 Å². The lowest BCUT2D eigenvalue weighted by molar-refractivity contribution is -0.118. The first-order chi connectivity index (χ1) is 17.1. The number of amides is 1. The van der Waals surface area contributed by atoms with Crippen LogP contribution in [0.15, 0.2) is 48.5 Å². The van der Waals surface area contributed by atoms with Crippen molar-refractivity contribution in [3.8, 4) is 5.75 Å². The maximum absolute atomic E-state index is 13.7. The summed E-state index contributed by atoms with van der Waals surface area (Å²) >= 11 is 0. The number of nitrogens with zero attached hydrogens (tertiary/aromatic N) is 3. The van der Waals surface area contributed by atoms with Gasteiger partial charge in [0.1, 0.15) is 5.75 Å². The van der Waals surface area contributed by atoms with Crippen molar-refractivity contribution in [2.24, 2.45) is 0 Å².